The van der Waals surface area contributed by atoms with Crippen LogP contribution in [0, 0.1) is 29.2 Å². The van der Waals surface area contributed by atoms with E-state index < -0.39 is 60.5 Å². The van der Waals surface area contributed by atoms with Crippen molar-refractivity contribution in [2.24, 2.45) is 5.92 Å². The maximum atomic E-state index is 15.4. The molecule has 1 saturated heterocycles. The van der Waals surface area contributed by atoms with Crippen LogP contribution in [0.5, 0.6) is 0 Å². The first kappa shape index (κ1) is 34.7. The number of nitrogens with one attached hydrogen (secondary N) is 2. The van der Waals surface area contributed by atoms with Gasteiger partial charge in [0.2, 0.25) is 15.9 Å². The highest BCUT2D eigenvalue weighted by Gasteiger charge is 2.62. The summed E-state index contributed by atoms with van der Waals surface area (Å²) in [7, 11) is -7.60. The third-order valence-corrected chi connectivity index (χ3v) is 12.3. The van der Waals surface area contributed by atoms with E-state index >= 15 is 4.39 Å². The Hall–Kier alpha value is -4.18. The average Bonchev–Trinajstić information content (AvgIpc) is 3.72. The molecular weight excluding hydrogens is 685 g/mol. The van der Waals surface area contributed by atoms with Gasteiger partial charge < -0.3 is 10.6 Å². The monoisotopic (exact) mass is 716 g/mol. The number of hydrogen-bond donors (Lipinski definition) is 2. The highest BCUT2D eigenvalue weighted by molar-refractivity contribution is 7.90. The Bertz CT molecular complexity index is 2100. The summed E-state index contributed by atoms with van der Waals surface area (Å²) in [5.41, 5.74) is -0.144. The minimum Gasteiger partial charge on any atom is -0.324 e. The van der Waals surface area contributed by atoms with Crippen LogP contribution in [-0.4, -0.2) is 63.5 Å². The molecule has 258 valence electrons. The second-order valence-corrected chi connectivity index (χ2v) is 16.3. The summed E-state index contributed by atoms with van der Waals surface area (Å²) in [6, 6.07) is 13.0. The summed E-state index contributed by atoms with van der Waals surface area (Å²) in [6.45, 7) is 0.821. The molecule has 1 amide bonds. The summed E-state index contributed by atoms with van der Waals surface area (Å²) in [5, 5.41) is 5.89. The molecule has 1 aliphatic heterocycles. The Morgan fingerprint density at radius 2 is 1.57 bits per heavy atom. The Kier molecular flexibility index (Phi) is 9.39. The molecule has 2 N–H and O–H groups in total. The third kappa shape index (κ3) is 7.25. The van der Waals surface area contributed by atoms with Crippen molar-refractivity contribution in [1.82, 2.24) is 14.6 Å². The zero-order valence-electron chi connectivity index (χ0n) is 26.2. The lowest BCUT2D eigenvalue weighted by Crippen LogP contribution is -2.56. The molecule has 15 heteroatoms. The molecule has 2 fully saturated rings. The highest BCUT2D eigenvalue weighted by atomic mass is 32.2. The van der Waals surface area contributed by atoms with E-state index in [9.17, 15) is 34.8 Å². The van der Waals surface area contributed by atoms with Gasteiger partial charge in [-0.1, -0.05) is 12.1 Å². The number of pyridine rings is 1. The molecule has 0 radical (unpaired) electrons. The van der Waals surface area contributed by atoms with E-state index in [2.05, 4.69) is 15.6 Å². The number of amides is 1. The van der Waals surface area contributed by atoms with Crippen LogP contribution in [-0.2, 0) is 31.1 Å². The quantitative estimate of drug-likeness (QED) is 0.226. The van der Waals surface area contributed by atoms with Crippen molar-refractivity contribution in [3.8, 4) is 0 Å². The number of aromatic nitrogens is 1. The number of carbonyl (C=O) groups excluding carboxylic acids is 1. The normalized spacial score (nSPS) is 20.2. The van der Waals surface area contributed by atoms with Crippen LogP contribution in [0.15, 0.2) is 88.9 Å². The van der Waals surface area contributed by atoms with Crippen molar-refractivity contribution < 1.29 is 39.2 Å². The van der Waals surface area contributed by atoms with E-state index in [-0.39, 0.29) is 51.9 Å². The molecule has 9 nitrogen and oxygen atoms in total. The Balaban J connectivity index is 1.23. The van der Waals surface area contributed by atoms with Crippen LogP contribution < -0.4 is 10.6 Å². The van der Waals surface area contributed by atoms with Crippen LogP contribution >= 0.6 is 0 Å². The van der Waals surface area contributed by atoms with Crippen molar-refractivity contribution in [1.29, 1.82) is 0 Å². The number of hydrogen-bond acceptors (Lipinski definition) is 7. The van der Waals surface area contributed by atoms with Crippen LogP contribution in [0.25, 0.3) is 0 Å². The van der Waals surface area contributed by atoms with Gasteiger partial charge in [0, 0.05) is 49.9 Å². The predicted octanol–water partition coefficient (Wildman–Crippen LogP) is 4.80. The van der Waals surface area contributed by atoms with Gasteiger partial charge in [0.25, 0.3) is 0 Å². The molecule has 1 saturated carbocycles. The zero-order chi connectivity index (χ0) is 35.1. The molecule has 3 atom stereocenters. The Morgan fingerprint density at radius 1 is 0.918 bits per heavy atom. The summed E-state index contributed by atoms with van der Waals surface area (Å²) < 4.78 is 110. The van der Waals surface area contributed by atoms with Crippen LogP contribution in [0.1, 0.15) is 35.4 Å². The number of nitrogens with zero attached hydrogens (tertiary/aromatic N) is 2. The number of rotatable bonds is 10. The number of piperazine rings is 1. The van der Waals surface area contributed by atoms with Crippen LogP contribution in [0.2, 0.25) is 0 Å². The number of carbonyl (C=O) groups is 1. The lowest BCUT2D eigenvalue weighted by atomic mass is 9.88. The van der Waals surface area contributed by atoms with Crippen LogP contribution in [0.4, 0.5) is 23.2 Å². The average molecular weight is 717 g/mol. The smallest absolute Gasteiger partial charge is 0.243 e. The number of benzene rings is 3. The number of anilines is 1. The number of sulfone groups is 1. The second-order valence-electron chi connectivity index (χ2n) is 12.4. The second kappa shape index (κ2) is 13.3. The highest BCUT2D eigenvalue weighted by Crippen LogP contribution is 2.53. The van der Waals surface area contributed by atoms with Crippen molar-refractivity contribution in [2.45, 2.75) is 40.5 Å². The molecule has 0 unspecified atom stereocenters. The van der Waals surface area contributed by atoms with Crippen molar-refractivity contribution >= 4 is 31.5 Å². The van der Waals surface area contributed by atoms with Crippen molar-refractivity contribution in [3.63, 3.8) is 0 Å². The van der Waals surface area contributed by atoms with Gasteiger partial charge in [-0.2, -0.15) is 4.31 Å². The van der Waals surface area contributed by atoms with Gasteiger partial charge in [0.05, 0.1) is 33.4 Å². The first-order valence-corrected chi connectivity index (χ1v) is 18.7. The summed E-state index contributed by atoms with van der Waals surface area (Å²) >= 11 is 0. The van der Waals surface area contributed by atoms with E-state index in [1.54, 1.807) is 0 Å². The van der Waals surface area contributed by atoms with E-state index in [0.29, 0.717) is 31.1 Å². The molecule has 6 rings (SSSR count). The van der Waals surface area contributed by atoms with E-state index in [1.807, 2.05) is 0 Å². The lowest BCUT2D eigenvalue weighted by Gasteiger charge is -2.37. The lowest BCUT2D eigenvalue weighted by molar-refractivity contribution is -0.116. The number of sulfonamides is 1. The third-order valence-electron chi connectivity index (χ3n) is 9.14. The molecule has 1 spiro atoms. The molecule has 2 aliphatic rings. The van der Waals surface area contributed by atoms with E-state index in [4.69, 9.17) is 0 Å². The fourth-order valence-corrected chi connectivity index (χ4v) is 9.07. The van der Waals surface area contributed by atoms with Gasteiger partial charge in [-0.3, -0.25) is 9.78 Å². The minimum atomic E-state index is -4.06. The Labute approximate surface area is 281 Å². The van der Waals surface area contributed by atoms with Crippen molar-refractivity contribution in [2.75, 3.05) is 31.2 Å². The fraction of sp³-hybridized carbons (Fsp3) is 0.294. The Morgan fingerprint density at radius 3 is 2.22 bits per heavy atom. The maximum Gasteiger partial charge on any atom is 0.243 e. The van der Waals surface area contributed by atoms with Gasteiger partial charge in [0.15, 0.2) is 9.84 Å². The SMILES string of the molecule is CS(=O)(=O)c1ccc(S(=O)(=O)N2CCNC[C@]23C[C@H]3Cc2c(F)cncc2NC(=O)C[C@@H](c2ccc(F)cc2)c2cc(F)cc(F)c2)cc1. The van der Waals surface area contributed by atoms with E-state index in [0.717, 1.165) is 24.6 Å². The topological polar surface area (TPSA) is 126 Å². The van der Waals surface area contributed by atoms with Gasteiger partial charge in [-0.05, 0) is 78.4 Å². The fourth-order valence-electron chi connectivity index (χ4n) is 6.60. The first-order chi connectivity index (χ1) is 23.2. The predicted molar refractivity (Wildman–Crippen MR) is 173 cm³/mol. The van der Waals surface area contributed by atoms with Crippen LogP contribution in [0.3, 0.4) is 0 Å². The zero-order valence-corrected chi connectivity index (χ0v) is 27.8. The largest absolute Gasteiger partial charge is 0.324 e. The minimum absolute atomic E-state index is 0.0133. The maximum absolute atomic E-state index is 15.4. The standard InChI is InChI=1S/C34H32F4N4O5S2/c1-48(44,45)27-6-8-28(9-7-27)49(46,47)42-11-10-39-20-34(42)17-23(34)14-30-31(38)18-40-19-32(30)41-33(43)16-29(21-2-4-24(35)5-3-21)22-12-25(36)15-26(37)13-22/h2-9,12-13,15,18-19,23,29,39H,10-11,14,16-17,20H2,1H3,(H,41,43)/t23-,29+,34+/m1/s1. The molecule has 1 aliphatic carbocycles. The molecule has 2 heterocycles. The van der Waals surface area contributed by atoms with Gasteiger partial charge in [-0.25, -0.2) is 34.4 Å². The van der Waals surface area contributed by atoms with Gasteiger partial charge >= 0.3 is 0 Å². The molecule has 49 heavy (non-hydrogen) atoms. The van der Waals surface area contributed by atoms with E-state index in [1.165, 1.54) is 59.0 Å². The first-order valence-electron chi connectivity index (χ1n) is 15.3. The summed E-state index contributed by atoms with van der Waals surface area (Å²) in [5.74, 6) is -4.79. The van der Waals surface area contributed by atoms with Crippen molar-refractivity contribution in [3.05, 3.63) is 119 Å². The summed E-state index contributed by atoms with van der Waals surface area (Å²) in [4.78, 5) is 17.2. The summed E-state index contributed by atoms with van der Waals surface area (Å²) in [6.07, 6.45) is 3.42. The number of halogens is 4. The molecule has 1 aromatic heterocycles. The molecule has 3 aromatic carbocycles. The van der Waals surface area contributed by atoms with Gasteiger partial charge in [-0.15, -0.1) is 0 Å². The molecular formula is C34H32F4N4O5S2. The molecule has 0 bridgehead atoms. The van der Waals surface area contributed by atoms with Gasteiger partial charge in [0.1, 0.15) is 23.3 Å². The molecule has 4 aromatic rings.